The summed E-state index contributed by atoms with van der Waals surface area (Å²) in [6.07, 6.45) is 6.76. The average molecular weight is 423 g/mol. The van der Waals surface area contributed by atoms with Gasteiger partial charge in [0.2, 0.25) is 11.9 Å². The summed E-state index contributed by atoms with van der Waals surface area (Å²) in [6, 6.07) is 5.79. The first-order valence-corrected chi connectivity index (χ1v) is 10.6. The number of nitrogens with two attached hydrogens (primary N) is 2. The fourth-order valence-corrected chi connectivity index (χ4v) is 4.94. The summed E-state index contributed by atoms with van der Waals surface area (Å²) < 4.78 is 0. The summed E-state index contributed by atoms with van der Waals surface area (Å²) in [6.45, 7) is 2.01. The third kappa shape index (κ3) is 3.17. The number of nitrogens with one attached hydrogen (secondary N) is 3. The van der Waals surface area contributed by atoms with Gasteiger partial charge in [-0.3, -0.25) is 9.93 Å². The number of H-pyrrole nitrogens is 1. The molecule has 30 heavy (non-hydrogen) atoms. The number of allylic oxidation sites excluding steroid dienone is 1. The molecule has 1 saturated carbocycles. The molecule has 4 atom stereocenters. The third-order valence-electron chi connectivity index (χ3n) is 5.95. The lowest BCUT2D eigenvalue weighted by Gasteiger charge is -2.27. The molecule has 4 unspecified atom stereocenters. The minimum absolute atomic E-state index is 0.105. The second kappa shape index (κ2) is 7.29. The zero-order chi connectivity index (χ0) is 20.8. The minimum Gasteiger partial charge on any atom is -0.369 e. The Kier molecular flexibility index (Phi) is 4.59. The molecule has 1 amide bonds. The van der Waals surface area contributed by atoms with Crippen LogP contribution in [-0.2, 0) is 4.79 Å². The van der Waals surface area contributed by atoms with E-state index in [4.69, 9.17) is 10.9 Å². The first-order chi connectivity index (χ1) is 14.5. The monoisotopic (exact) mass is 422 g/mol. The second-order valence-electron chi connectivity index (χ2n) is 7.77. The number of hydrogen-bond donors (Lipinski definition) is 5. The van der Waals surface area contributed by atoms with Crippen LogP contribution in [0.1, 0.15) is 12.0 Å². The lowest BCUT2D eigenvalue weighted by molar-refractivity contribution is -0.122. The molecule has 2 heterocycles. The van der Waals surface area contributed by atoms with E-state index >= 15 is 0 Å². The van der Waals surface area contributed by atoms with Gasteiger partial charge in [-0.2, -0.15) is 9.97 Å². The van der Waals surface area contributed by atoms with Gasteiger partial charge in [-0.15, -0.1) is 0 Å². The van der Waals surface area contributed by atoms with Crippen LogP contribution >= 0.6 is 11.9 Å². The van der Waals surface area contributed by atoms with Crippen LogP contribution in [-0.4, -0.2) is 31.9 Å². The number of rotatable bonds is 6. The topological polar surface area (TPSA) is 148 Å². The van der Waals surface area contributed by atoms with Crippen molar-refractivity contribution in [3.8, 4) is 0 Å². The molecule has 0 radical (unpaired) electrons. The van der Waals surface area contributed by atoms with E-state index in [0.29, 0.717) is 22.9 Å². The minimum atomic E-state index is -0.288. The maximum Gasteiger partial charge on any atom is 0.231 e. The zero-order valence-corrected chi connectivity index (χ0v) is 17.1. The van der Waals surface area contributed by atoms with Crippen LogP contribution in [0.25, 0.3) is 11.2 Å². The second-order valence-corrected chi connectivity index (χ2v) is 8.44. The molecule has 0 saturated heterocycles. The normalized spacial score (nSPS) is 24.5. The lowest BCUT2D eigenvalue weighted by Crippen LogP contribution is -2.41. The average Bonchev–Trinajstić information content (AvgIpc) is 3.45. The van der Waals surface area contributed by atoms with Crippen LogP contribution in [0.4, 0.5) is 17.5 Å². The van der Waals surface area contributed by atoms with E-state index in [1.165, 1.54) is 11.9 Å². The number of hydrogen-bond acceptors (Lipinski definition) is 8. The number of aryl methyl sites for hydroxylation is 1. The highest BCUT2D eigenvalue weighted by atomic mass is 32.2. The van der Waals surface area contributed by atoms with E-state index in [-0.39, 0.29) is 29.7 Å². The molecular formula is C20H22N8OS. The number of amides is 1. The van der Waals surface area contributed by atoms with E-state index in [1.807, 2.05) is 25.1 Å². The summed E-state index contributed by atoms with van der Waals surface area (Å²) in [5.41, 5.74) is 8.85. The van der Waals surface area contributed by atoms with E-state index in [9.17, 15) is 4.79 Å². The molecule has 2 aromatic heterocycles. The summed E-state index contributed by atoms with van der Waals surface area (Å²) in [5.74, 6) is 0.884. The zero-order valence-electron chi connectivity index (χ0n) is 16.3. The molecule has 7 N–H and O–H groups in total. The number of carbonyl (C=O) groups excluding carboxylic acids is 1. The van der Waals surface area contributed by atoms with Crippen molar-refractivity contribution >= 4 is 46.5 Å². The Morgan fingerprint density at radius 3 is 2.90 bits per heavy atom. The Morgan fingerprint density at radius 2 is 2.10 bits per heavy atom. The van der Waals surface area contributed by atoms with Crippen molar-refractivity contribution in [3.63, 3.8) is 0 Å². The number of imidazole rings is 1. The third-order valence-corrected chi connectivity index (χ3v) is 6.64. The Balaban J connectivity index is 1.48. The Hall–Kier alpha value is -3.11. The largest absolute Gasteiger partial charge is 0.369 e. The maximum absolute atomic E-state index is 12.1. The van der Waals surface area contributed by atoms with Crippen molar-refractivity contribution in [1.82, 2.24) is 19.9 Å². The van der Waals surface area contributed by atoms with E-state index in [0.717, 1.165) is 22.6 Å². The quantitative estimate of drug-likeness (QED) is 0.300. The van der Waals surface area contributed by atoms with Gasteiger partial charge in [0.15, 0.2) is 11.5 Å². The number of anilines is 3. The van der Waals surface area contributed by atoms with Crippen LogP contribution in [0.3, 0.4) is 0 Å². The van der Waals surface area contributed by atoms with Gasteiger partial charge in [0, 0.05) is 16.6 Å². The van der Waals surface area contributed by atoms with Crippen LogP contribution in [0.15, 0.2) is 41.6 Å². The highest BCUT2D eigenvalue weighted by Crippen LogP contribution is 2.45. The molecule has 0 aliphatic heterocycles. The standard InChI is InChI=1S/C20H22N8OS/c1-9-2-5-12(7-13(9)30-22)25-20-27-18-16(23-8-24-18)19(28-20)26-15-11-4-3-10(6-11)14(15)17(21)29/h2-5,7-8,10-11,14-15H,6,22H2,1H3,(H2,21,29)(H3,23,24,25,26,27,28). The molecule has 2 aliphatic carbocycles. The number of nitrogens with zero attached hydrogens (tertiary/aromatic N) is 3. The summed E-state index contributed by atoms with van der Waals surface area (Å²) in [4.78, 5) is 29.6. The predicted molar refractivity (Wildman–Crippen MR) is 117 cm³/mol. The molecule has 1 fully saturated rings. The highest BCUT2D eigenvalue weighted by molar-refractivity contribution is 7.97. The fraction of sp³-hybridized carbons (Fsp3) is 0.300. The predicted octanol–water partition coefficient (Wildman–Crippen LogP) is 2.46. The summed E-state index contributed by atoms with van der Waals surface area (Å²) in [7, 11) is 0. The van der Waals surface area contributed by atoms with E-state index in [2.05, 4.69) is 42.7 Å². The van der Waals surface area contributed by atoms with Crippen molar-refractivity contribution in [2.24, 2.45) is 28.6 Å². The van der Waals surface area contributed by atoms with Crippen molar-refractivity contribution < 1.29 is 4.79 Å². The molecule has 154 valence electrons. The van der Waals surface area contributed by atoms with Crippen molar-refractivity contribution in [3.05, 3.63) is 42.2 Å². The number of fused-ring (bicyclic) bond motifs is 3. The molecule has 0 spiro atoms. The van der Waals surface area contributed by atoms with Crippen LogP contribution < -0.4 is 21.5 Å². The first kappa shape index (κ1) is 18.9. The van der Waals surface area contributed by atoms with Gasteiger partial charge in [-0.25, -0.2) is 4.98 Å². The number of aromatic amines is 1. The Labute approximate surface area is 177 Å². The molecule has 5 rings (SSSR count). The van der Waals surface area contributed by atoms with Crippen LogP contribution in [0, 0.1) is 24.7 Å². The van der Waals surface area contributed by atoms with Crippen molar-refractivity contribution in [2.75, 3.05) is 10.6 Å². The van der Waals surface area contributed by atoms with Crippen LogP contribution in [0.5, 0.6) is 0 Å². The first-order valence-electron chi connectivity index (χ1n) is 9.73. The number of aromatic nitrogens is 4. The Morgan fingerprint density at radius 1 is 1.27 bits per heavy atom. The van der Waals surface area contributed by atoms with Gasteiger partial charge < -0.3 is 21.4 Å². The number of benzene rings is 1. The SMILES string of the molecule is Cc1ccc(Nc2nc(NC3C4C=CC(C4)C3C(N)=O)c3[nH]cnc3n2)cc1SN. The molecule has 9 nitrogen and oxygen atoms in total. The maximum atomic E-state index is 12.1. The molecule has 3 aromatic rings. The van der Waals surface area contributed by atoms with Gasteiger partial charge in [0.1, 0.15) is 5.52 Å². The number of primary amides is 1. The van der Waals surface area contributed by atoms with Gasteiger partial charge in [-0.1, -0.05) is 18.2 Å². The van der Waals surface area contributed by atoms with Gasteiger partial charge in [-0.05, 0) is 54.8 Å². The molecule has 2 bridgehead atoms. The molecule has 10 heteroatoms. The van der Waals surface area contributed by atoms with Gasteiger partial charge in [0.05, 0.1) is 12.2 Å². The van der Waals surface area contributed by atoms with E-state index < -0.39 is 0 Å². The summed E-state index contributed by atoms with van der Waals surface area (Å²) in [5, 5.41) is 12.4. The molecule has 2 aliphatic rings. The van der Waals surface area contributed by atoms with Gasteiger partial charge in [0.25, 0.3) is 0 Å². The fourth-order valence-electron chi connectivity index (χ4n) is 4.49. The van der Waals surface area contributed by atoms with Crippen molar-refractivity contribution in [1.29, 1.82) is 0 Å². The number of carbonyl (C=O) groups is 1. The van der Waals surface area contributed by atoms with Crippen LogP contribution in [0.2, 0.25) is 0 Å². The molecule has 1 aromatic carbocycles. The lowest BCUT2D eigenvalue weighted by atomic mass is 9.88. The smallest absolute Gasteiger partial charge is 0.231 e. The van der Waals surface area contributed by atoms with Gasteiger partial charge >= 0.3 is 0 Å². The Bertz CT molecular complexity index is 1160. The summed E-state index contributed by atoms with van der Waals surface area (Å²) >= 11 is 1.20. The van der Waals surface area contributed by atoms with E-state index in [1.54, 1.807) is 6.33 Å². The highest BCUT2D eigenvalue weighted by Gasteiger charge is 2.47. The molecular weight excluding hydrogens is 400 g/mol. The van der Waals surface area contributed by atoms with Crippen molar-refractivity contribution in [2.45, 2.75) is 24.3 Å².